The summed E-state index contributed by atoms with van der Waals surface area (Å²) in [7, 11) is 0. The van der Waals surface area contributed by atoms with Crippen molar-refractivity contribution in [3.63, 3.8) is 0 Å². The second-order valence-electron chi connectivity index (χ2n) is 9.04. The minimum atomic E-state index is -0.0494. The lowest BCUT2D eigenvalue weighted by Gasteiger charge is -2.44. The van der Waals surface area contributed by atoms with Gasteiger partial charge in [-0.25, -0.2) is 9.59 Å². The SMILES string of the molecule is CCN(Cc1csc(Cl)c1)C(=O)N1[C@@H]2CC[C@H]1CN(C(=O)N(c1ccccc1)c1ccccc1)C2. The summed E-state index contributed by atoms with van der Waals surface area (Å²) in [5, 5.41) is 2.01. The number of halogens is 1. The number of hydrogen-bond donors (Lipinski definition) is 0. The van der Waals surface area contributed by atoms with Gasteiger partial charge in [-0.3, -0.25) is 4.90 Å². The van der Waals surface area contributed by atoms with Crippen molar-refractivity contribution >= 4 is 46.4 Å². The number of benzene rings is 2. The highest BCUT2D eigenvalue weighted by Gasteiger charge is 2.45. The molecular formula is C27H29ClN4O2S. The van der Waals surface area contributed by atoms with Crippen LogP contribution in [0.15, 0.2) is 72.1 Å². The van der Waals surface area contributed by atoms with Crippen LogP contribution in [0.3, 0.4) is 0 Å². The molecule has 5 rings (SSSR count). The fraction of sp³-hybridized carbons (Fsp3) is 0.333. The molecule has 0 aliphatic carbocycles. The third-order valence-electron chi connectivity index (χ3n) is 6.84. The molecule has 2 aliphatic heterocycles. The van der Waals surface area contributed by atoms with E-state index in [1.807, 2.05) is 93.7 Å². The van der Waals surface area contributed by atoms with Crippen molar-refractivity contribution in [3.05, 3.63) is 82.0 Å². The standard InChI is InChI=1S/C27H29ClN4O2S/c1-2-29(16-20-15-25(28)35-19-20)26(33)32-23-13-14-24(32)18-30(17-23)27(34)31(21-9-5-3-6-10-21)22-11-7-4-8-12-22/h3-12,15,19,23-24H,2,13-14,16-18H2,1H3/t23-,24+. The molecule has 8 heteroatoms. The Kier molecular flexibility index (Phi) is 6.97. The number of carbonyl (C=O) groups is 2. The number of fused-ring (bicyclic) bond motifs is 2. The molecule has 3 heterocycles. The van der Waals surface area contributed by atoms with Crippen LogP contribution in [0.5, 0.6) is 0 Å². The van der Waals surface area contributed by atoms with Crippen molar-refractivity contribution < 1.29 is 9.59 Å². The van der Waals surface area contributed by atoms with E-state index in [2.05, 4.69) is 0 Å². The number of amides is 4. The number of rotatable bonds is 5. The summed E-state index contributed by atoms with van der Waals surface area (Å²) in [5.74, 6) is 0. The molecule has 1 aromatic heterocycles. The lowest BCUT2D eigenvalue weighted by molar-refractivity contribution is 0.0817. The molecule has 2 atom stereocenters. The number of nitrogens with zero attached hydrogens (tertiary/aromatic N) is 4. The monoisotopic (exact) mass is 508 g/mol. The van der Waals surface area contributed by atoms with E-state index in [4.69, 9.17) is 11.6 Å². The molecule has 2 bridgehead atoms. The number of anilines is 2. The van der Waals surface area contributed by atoms with Crippen LogP contribution < -0.4 is 4.90 Å². The highest BCUT2D eigenvalue weighted by molar-refractivity contribution is 7.14. The number of urea groups is 2. The summed E-state index contributed by atoms with van der Waals surface area (Å²) in [6, 6.07) is 21.5. The van der Waals surface area contributed by atoms with Crippen LogP contribution in [0.4, 0.5) is 21.0 Å². The third kappa shape index (κ3) is 4.88. The van der Waals surface area contributed by atoms with Gasteiger partial charge in [-0.05, 0) is 61.0 Å². The van der Waals surface area contributed by atoms with Crippen molar-refractivity contribution in [2.45, 2.75) is 38.4 Å². The molecule has 2 aliphatic rings. The molecule has 3 aromatic rings. The predicted molar refractivity (Wildman–Crippen MR) is 141 cm³/mol. The van der Waals surface area contributed by atoms with Gasteiger partial charge in [0.15, 0.2) is 0 Å². The van der Waals surface area contributed by atoms with Crippen molar-refractivity contribution in [1.82, 2.24) is 14.7 Å². The summed E-state index contributed by atoms with van der Waals surface area (Å²) in [6.45, 7) is 4.26. The lowest BCUT2D eigenvalue weighted by atomic mass is 10.2. The zero-order valence-corrected chi connectivity index (χ0v) is 21.3. The molecule has 6 nitrogen and oxygen atoms in total. The highest BCUT2D eigenvalue weighted by atomic mass is 35.5. The Morgan fingerprint density at radius 2 is 1.51 bits per heavy atom. The molecule has 0 N–H and O–H groups in total. The minimum absolute atomic E-state index is 0.0266. The largest absolute Gasteiger partial charge is 0.329 e. The summed E-state index contributed by atoms with van der Waals surface area (Å²) >= 11 is 7.58. The minimum Gasteiger partial charge on any atom is -0.321 e. The Labute approximate surface area is 215 Å². The quantitative estimate of drug-likeness (QED) is 0.397. The summed E-state index contributed by atoms with van der Waals surface area (Å²) in [5.41, 5.74) is 2.72. The van der Waals surface area contributed by atoms with Crippen molar-refractivity contribution in [3.8, 4) is 0 Å². The van der Waals surface area contributed by atoms with E-state index < -0.39 is 0 Å². The first kappa shape index (κ1) is 23.7. The van der Waals surface area contributed by atoms with Gasteiger partial charge in [-0.2, -0.15) is 0 Å². The fourth-order valence-electron chi connectivity index (χ4n) is 5.16. The second-order valence-corrected chi connectivity index (χ2v) is 10.6. The third-order valence-corrected chi connectivity index (χ3v) is 7.98. The van der Waals surface area contributed by atoms with Crippen LogP contribution in [-0.4, -0.2) is 58.5 Å². The zero-order chi connectivity index (χ0) is 24.4. The first-order valence-corrected chi connectivity index (χ1v) is 13.3. The Hall–Kier alpha value is -3.03. The number of thiophene rings is 1. The van der Waals surface area contributed by atoms with Crippen LogP contribution in [0.2, 0.25) is 4.34 Å². The molecule has 2 aromatic carbocycles. The van der Waals surface area contributed by atoms with E-state index in [1.165, 1.54) is 11.3 Å². The molecule has 0 unspecified atom stereocenters. The van der Waals surface area contributed by atoms with Crippen molar-refractivity contribution in [2.75, 3.05) is 24.5 Å². The van der Waals surface area contributed by atoms with Gasteiger partial charge in [-0.1, -0.05) is 48.0 Å². The number of hydrogen-bond acceptors (Lipinski definition) is 3. The van der Waals surface area contributed by atoms with E-state index in [0.717, 1.165) is 34.1 Å². The first-order valence-electron chi connectivity index (χ1n) is 12.0. The Morgan fingerprint density at radius 1 is 0.943 bits per heavy atom. The first-order chi connectivity index (χ1) is 17.0. The van der Waals surface area contributed by atoms with Crippen molar-refractivity contribution in [1.29, 1.82) is 0 Å². The van der Waals surface area contributed by atoms with Crippen LogP contribution in [0.1, 0.15) is 25.3 Å². The molecule has 0 saturated carbocycles. The van der Waals surface area contributed by atoms with Crippen LogP contribution in [0.25, 0.3) is 0 Å². The number of likely N-dealkylation sites (tertiary alicyclic amines) is 1. The average Bonchev–Trinajstić information content (AvgIpc) is 3.42. The van der Waals surface area contributed by atoms with Gasteiger partial charge in [0.1, 0.15) is 0 Å². The van der Waals surface area contributed by atoms with Gasteiger partial charge in [0.05, 0.1) is 27.8 Å². The molecule has 4 amide bonds. The maximum Gasteiger partial charge on any atom is 0.329 e. The molecule has 2 saturated heterocycles. The van der Waals surface area contributed by atoms with Gasteiger partial charge in [0, 0.05) is 26.2 Å². The summed E-state index contributed by atoms with van der Waals surface area (Å²) in [4.78, 5) is 35.0. The number of piperazine rings is 1. The highest BCUT2D eigenvalue weighted by Crippen LogP contribution is 2.34. The molecular weight excluding hydrogens is 480 g/mol. The van der Waals surface area contributed by atoms with Gasteiger partial charge < -0.3 is 14.7 Å². The Balaban J connectivity index is 1.33. The summed E-state index contributed by atoms with van der Waals surface area (Å²) in [6.07, 6.45) is 1.83. The van der Waals surface area contributed by atoms with Crippen molar-refractivity contribution in [2.24, 2.45) is 0 Å². The topological polar surface area (TPSA) is 47.1 Å². The molecule has 182 valence electrons. The van der Waals surface area contributed by atoms with E-state index >= 15 is 0 Å². The Bertz CT molecular complexity index is 1120. The lowest BCUT2D eigenvalue weighted by Crippen LogP contribution is -2.61. The molecule has 0 radical (unpaired) electrons. The normalized spacial score (nSPS) is 19.0. The van der Waals surface area contributed by atoms with Gasteiger partial charge in [0.2, 0.25) is 0 Å². The van der Waals surface area contributed by atoms with E-state index in [0.29, 0.717) is 26.2 Å². The smallest absolute Gasteiger partial charge is 0.321 e. The average molecular weight is 509 g/mol. The van der Waals surface area contributed by atoms with E-state index in [-0.39, 0.29) is 24.1 Å². The van der Waals surface area contributed by atoms with E-state index in [9.17, 15) is 9.59 Å². The number of para-hydroxylation sites is 2. The zero-order valence-electron chi connectivity index (χ0n) is 19.7. The fourth-order valence-corrected chi connectivity index (χ4v) is 6.06. The second kappa shape index (κ2) is 10.3. The maximum absolute atomic E-state index is 13.9. The van der Waals surface area contributed by atoms with Crippen LogP contribution in [-0.2, 0) is 6.54 Å². The predicted octanol–water partition coefficient (Wildman–Crippen LogP) is 6.45. The molecule has 2 fully saturated rings. The summed E-state index contributed by atoms with van der Waals surface area (Å²) < 4.78 is 0.733. The number of carbonyl (C=O) groups excluding carboxylic acids is 2. The van der Waals surface area contributed by atoms with Gasteiger partial charge in [0.25, 0.3) is 0 Å². The van der Waals surface area contributed by atoms with E-state index in [1.54, 1.807) is 4.90 Å². The van der Waals surface area contributed by atoms with Crippen LogP contribution >= 0.6 is 22.9 Å². The van der Waals surface area contributed by atoms with Gasteiger partial charge in [-0.15, -0.1) is 11.3 Å². The van der Waals surface area contributed by atoms with Gasteiger partial charge >= 0.3 is 12.1 Å². The molecule has 35 heavy (non-hydrogen) atoms. The Morgan fingerprint density at radius 3 is 2.00 bits per heavy atom. The molecule has 0 spiro atoms. The maximum atomic E-state index is 13.9. The van der Waals surface area contributed by atoms with Crippen LogP contribution in [0, 0.1) is 0 Å².